The summed E-state index contributed by atoms with van der Waals surface area (Å²) >= 11 is 0. The molecule has 1 aromatic carbocycles. The highest BCUT2D eigenvalue weighted by molar-refractivity contribution is 5.76. The van der Waals surface area contributed by atoms with Crippen molar-refractivity contribution in [2.45, 2.75) is 52.1 Å². The number of hydrogen-bond donors (Lipinski definition) is 3. The molecule has 116 valence electrons. The second-order valence-corrected chi connectivity index (χ2v) is 6.16. The van der Waals surface area contributed by atoms with Crippen molar-refractivity contribution in [2.24, 2.45) is 0 Å². The Kier molecular flexibility index (Phi) is 5.76. The monoisotopic (exact) mass is 292 g/mol. The van der Waals surface area contributed by atoms with Crippen LogP contribution in [0.5, 0.6) is 0 Å². The van der Waals surface area contributed by atoms with Crippen LogP contribution < -0.4 is 10.6 Å². The third kappa shape index (κ3) is 6.29. The number of carbonyl (C=O) groups excluding carboxylic acids is 1. The van der Waals surface area contributed by atoms with Gasteiger partial charge in [-0.1, -0.05) is 38.1 Å². The van der Waals surface area contributed by atoms with Crippen LogP contribution in [0.3, 0.4) is 0 Å². The smallest absolute Gasteiger partial charge is 0.315 e. The Bertz CT molecular complexity index is 493. The molecule has 5 heteroatoms. The number of benzene rings is 1. The van der Waals surface area contributed by atoms with Gasteiger partial charge in [0.05, 0.1) is 6.42 Å². The lowest BCUT2D eigenvalue weighted by atomic mass is 10.0. The highest BCUT2D eigenvalue weighted by atomic mass is 16.4. The van der Waals surface area contributed by atoms with Crippen LogP contribution >= 0.6 is 0 Å². The zero-order valence-corrected chi connectivity index (χ0v) is 13.1. The van der Waals surface area contributed by atoms with Gasteiger partial charge in [0.2, 0.25) is 0 Å². The molecule has 5 nitrogen and oxygen atoms in total. The van der Waals surface area contributed by atoms with E-state index in [1.807, 2.05) is 24.3 Å². The quantitative estimate of drug-likeness (QED) is 0.754. The summed E-state index contributed by atoms with van der Waals surface area (Å²) in [5.74, 6) is -0.461. The second kappa shape index (κ2) is 7.11. The van der Waals surface area contributed by atoms with Gasteiger partial charge >= 0.3 is 12.0 Å². The molecule has 0 radical (unpaired) electrons. The number of carboxylic acid groups (broad SMARTS) is 1. The number of hydrogen-bond acceptors (Lipinski definition) is 2. The fraction of sp³-hybridized carbons (Fsp3) is 0.500. The highest BCUT2D eigenvalue weighted by Crippen LogP contribution is 2.14. The molecule has 0 aliphatic heterocycles. The summed E-state index contributed by atoms with van der Waals surface area (Å²) in [6.07, 6.45) is -0.122. The molecule has 0 aromatic heterocycles. The molecule has 0 unspecified atom stereocenters. The van der Waals surface area contributed by atoms with E-state index in [1.54, 1.807) is 13.8 Å². The molecular weight excluding hydrogens is 268 g/mol. The average Bonchev–Trinajstić information content (AvgIpc) is 2.34. The van der Waals surface area contributed by atoms with E-state index >= 15 is 0 Å². The molecule has 3 N–H and O–H groups in total. The van der Waals surface area contributed by atoms with E-state index in [1.165, 1.54) is 5.56 Å². The lowest BCUT2D eigenvalue weighted by Crippen LogP contribution is -2.49. The minimum Gasteiger partial charge on any atom is -0.481 e. The van der Waals surface area contributed by atoms with E-state index in [-0.39, 0.29) is 12.5 Å². The first-order valence-electron chi connectivity index (χ1n) is 7.06. The predicted molar refractivity (Wildman–Crippen MR) is 82.2 cm³/mol. The van der Waals surface area contributed by atoms with Gasteiger partial charge in [-0.25, -0.2) is 4.79 Å². The molecule has 1 aromatic rings. The van der Waals surface area contributed by atoms with Crippen molar-refractivity contribution in [3.05, 3.63) is 35.4 Å². The van der Waals surface area contributed by atoms with Crippen LogP contribution in [0.25, 0.3) is 0 Å². The lowest BCUT2D eigenvalue weighted by Gasteiger charge is -2.24. The molecule has 0 bridgehead atoms. The van der Waals surface area contributed by atoms with Crippen LogP contribution in [-0.2, 0) is 11.3 Å². The second-order valence-electron chi connectivity index (χ2n) is 6.16. The number of carbonyl (C=O) groups is 2. The van der Waals surface area contributed by atoms with Gasteiger partial charge in [0.1, 0.15) is 0 Å². The van der Waals surface area contributed by atoms with Crippen molar-refractivity contribution in [3.63, 3.8) is 0 Å². The molecule has 21 heavy (non-hydrogen) atoms. The van der Waals surface area contributed by atoms with E-state index in [4.69, 9.17) is 5.11 Å². The summed E-state index contributed by atoms with van der Waals surface area (Å²) < 4.78 is 0. The van der Waals surface area contributed by atoms with Gasteiger partial charge in [-0.05, 0) is 30.9 Å². The van der Waals surface area contributed by atoms with Gasteiger partial charge in [0, 0.05) is 12.1 Å². The molecule has 0 aliphatic rings. The molecule has 2 amide bonds. The number of nitrogens with one attached hydrogen (secondary N) is 2. The van der Waals surface area contributed by atoms with E-state index in [0.29, 0.717) is 12.5 Å². The van der Waals surface area contributed by atoms with Crippen LogP contribution in [0.2, 0.25) is 0 Å². The lowest BCUT2D eigenvalue weighted by molar-refractivity contribution is -0.138. The first-order chi connectivity index (χ1) is 9.69. The van der Waals surface area contributed by atoms with Crippen LogP contribution in [-0.4, -0.2) is 22.6 Å². The number of amides is 2. The number of rotatable bonds is 6. The summed E-state index contributed by atoms with van der Waals surface area (Å²) in [4.78, 5) is 22.5. The molecule has 0 saturated carbocycles. The molecule has 1 rings (SSSR count). The van der Waals surface area contributed by atoms with Gasteiger partial charge in [0.15, 0.2) is 0 Å². The van der Waals surface area contributed by atoms with Crippen molar-refractivity contribution < 1.29 is 14.7 Å². The maximum absolute atomic E-state index is 11.8. The molecule has 0 atom stereocenters. The first kappa shape index (κ1) is 17.0. The van der Waals surface area contributed by atoms with Gasteiger partial charge in [-0.3, -0.25) is 4.79 Å². The Morgan fingerprint density at radius 2 is 1.76 bits per heavy atom. The Balaban J connectivity index is 2.47. The fourth-order valence-corrected chi connectivity index (χ4v) is 1.98. The standard InChI is InChI=1S/C16H24N2O3/c1-11(2)13-7-5-12(6-8-13)10-17-15(21)18-16(3,4)9-14(19)20/h5-8,11H,9-10H2,1-4H3,(H,19,20)(H2,17,18,21). The minimum atomic E-state index is -0.940. The van der Waals surface area contributed by atoms with Gasteiger partial charge in [-0.15, -0.1) is 0 Å². The first-order valence-corrected chi connectivity index (χ1v) is 7.06. The van der Waals surface area contributed by atoms with Crippen molar-refractivity contribution in [2.75, 3.05) is 0 Å². The molecule has 0 fully saturated rings. The Labute approximate surface area is 125 Å². The Morgan fingerprint density at radius 3 is 2.24 bits per heavy atom. The van der Waals surface area contributed by atoms with E-state index in [0.717, 1.165) is 5.56 Å². The van der Waals surface area contributed by atoms with Gasteiger partial charge < -0.3 is 15.7 Å². The number of urea groups is 1. The molecule has 0 heterocycles. The van der Waals surface area contributed by atoms with Crippen molar-refractivity contribution in [3.8, 4) is 0 Å². The maximum atomic E-state index is 11.8. The van der Waals surface area contributed by atoms with Crippen molar-refractivity contribution in [1.82, 2.24) is 10.6 Å². The molecule has 0 saturated heterocycles. The van der Waals surface area contributed by atoms with E-state index in [9.17, 15) is 9.59 Å². The van der Waals surface area contributed by atoms with Crippen LogP contribution in [0.15, 0.2) is 24.3 Å². The SMILES string of the molecule is CC(C)c1ccc(CNC(=O)NC(C)(C)CC(=O)O)cc1. The van der Waals surface area contributed by atoms with Crippen LogP contribution in [0.4, 0.5) is 4.79 Å². The van der Waals surface area contributed by atoms with E-state index in [2.05, 4.69) is 24.5 Å². The predicted octanol–water partition coefficient (Wildman–Crippen LogP) is 2.86. The van der Waals surface area contributed by atoms with Gasteiger partial charge in [0.25, 0.3) is 0 Å². The fourth-order valence-electron chi connectivity index (χ4n) is 1.98. The largest absolute Gasteiger partial charge is 0.481 e. The third-order valence-corrected chi connectivity index (χ3v) is 3.14. The zero-order chi connectivity index (χ0) is 16.0. The van der Waals surface area contributed by atoms with Crippen molar-refractivity contribution in [1.29, 1.82) is 0 Å². The van der Waals surface area contributed by atoms with Crippen LogP contribution in [0.1, 0.15) is 51.2 Å². The van der Waals surface area contributed by atoms with Crippen LogP contribution in [0, 0.1) is 0 Å². The minimum absolute atomic E-state index is 0.122. The molecule has 0 spiro atoms. The van der Waals surface area contributed by atoms with Crippen molar-refractivity contribution >= 4 is 12.0 Å². The summed E-state index contributed by atoms with van der Waals surface area (Å²) in [6, 6.07) is 7.70. The van der Waals surface area contributed by atoms with Gasteiger partial charge in [-0.2, -0.15) is 0 Å². The third-order valence-electron chi connectivity index (χ3n) is 3.14. The summed E-state index contributed by atoms with van der Waals surface area (Å²) in [7, 11) is 0. The summed E-state index contributed by atoms with van der Waals surface area (Å²) in [6.45, 7) is 8.03. The molecular formula is C16H24N2O3. The maximum Gasteiger partial charge on any atom is 0.315 e. The normalized spacial score (nSPS) is 11.3. The number of aliphatic carboxylic acids is 1. The number of carboxylic acids is 1. The summed E-state index contributed by atoms with van der Waals surface area (Å²) in [5, 5.41) is 14.2. The summed E-state index contributed by atoms with van der Waals surface area (Å²) in [5.41, 5.74) is 1.48. The van der Waals surface area contributed by atoms with E-state index < -0.39 is 11.5 Å². The molecule has 0 aliphatic carbocycles. The highest BCUT2D eigenvalue weighted by Gasteiger charge is 2.23. The Hall–Kier alpha value is -2.04. The zero-order valence-electron chi connectivity index (χ0n) is 13.1. The Morgan fingerprint density at radius 1 is 1.19 bits per heavy atom. The topological polar surface area (TPSA) is 78.4 Å². The average molecular weight is 292 g/mol.